The van der Waals surface area contributed by atoms with Gasteiger partial charge < -0.3 is 10.3 Å². The first-order valence-electron chi connectivity index (χ1n) is 5.15. The number of aromatic nitrogens is 2. The minimum absolute atomic E-state index is 0.0397. The largest absolute Gasteiger partial charge is 0.369 e. The van der Waals surface area contributed by atoms with Crippen molar-refractivity contribution in [1.29, 1.82) is 0 Å². The third kappa shape index (κ3) is 1.33. The minimum Gasteiger partial charge on any atom is -0.369 e. The van der Waals surface area contributed by atoms with Gasteiger partial charge in [0.05, 0.1) is 14.6 Å². The minimum atomic E-state index is -0.210. The fraction of sp³-hybridized carbons (Fsp3) is 0.364. The lowest BCUT2D eigenvalue weighted by molar-refractivity contribution is 0.554. The van der Waals surface area contributed by atoms with E-state index in [1.807, 2.05) is 27.2 Å². The van der Waals surface area contributed by atoms with Crippen LogP contribution in [0.4, 0.5) is 10.3 Å². The molecule has 84 valence electrons. The van der Waals surface area contributed by atoms with Crippen molar-refractivity contribution in [3.63, 3.8) is 0 Å². The first-order valence-corrected chi connectivity index (χ1v) is 6.23. The maximum absolute atomic E-state index is 13.6. The maximum atomic E-state index is 13.6. The summed E-state index contributed by atoms with van der Waals surface area (Å²) in [5.41, 5.74) is 7.52. The zero-order valence-electron chi connectivity index (χ0n) is 8.80. The SMILES string of the molecule is CC1(n2c(N)nc3cc(I)c(F)cc32)CC1. The van der Waals surface area contributed by atoms with Gasteiger partial charge in [0.2, 0.25) is 5.95 Å². The highest BCUT2D eigenvalue weighted by atomic mass is 127. The molecule has 0 unspecified atom stereocenters. The van der Waals surface area contributed by atoms with Crippen LogP contribution in [0, 0.1) is 9.39 Å². The van der Waals surface area contributed by atoms with Crippen LogP contribution in [0.25, 0.3) is 11.0 Å². The van der Waals surface area contributed by atoms with E-state index in [1.54, 1.807) is 6.07 Å². The molecule has 1 saturated carbocycles. The summed E-state index contributed by atoms with van der Waals surface area (Å²) >= 11 is 1.96. The highest BCUT2D eigenvalue weighted by Crippen LogP contribution is 2.46. The molecule has 0 aliphatic heterocycles. The van der Waals surface area contributed by atoms with Gasteiger partial charge in [-0.1, -0.05) is 0 Å². The average Bonchev–Trinajstić information content (AvgIpc) is 2.84. The number of halogens is 2. The van der Waals surface area contributed by atoms with Gasteiger partial charge in [0.1, 0.15) is 5.82 Å². The van der Waals surface area contributed by atoms with Gasteiger partial charge in [-0.05, 0) is 48.4 Å². The second-order valence-corrected chi connectivity index (χ2v) is 5.72. The Morgan fingerprint density at radius 3 is 2.81 bits per heavy atom. The predicted octanol–water partition coefficient (Wildman–Crippen LogP) is 2.87. The lowest BCUT2D eigenvalue weighted by Crippen LogP contribution is -2.14. The van der Waals surface area contributed by atoms with Gasteiger partial charge in [0.15, 0.2) is 0 Å². The van der Waals surface area contributed by atoms with Crippen LogP contribution in [-0.2, 0) is 5.54 Å². The summed E-state index contributed by atoms with van der Waals surface area (Å²) in [5.74, 6) is 0.273. The highest BCUT2D eigenvalue weighted by Gasteiger charge is 2.41. The quantitative estimate of drug-likeness (QED) is 0.817. The van der Waals surface area contributed by atoms with E-state index in [9.17, 15) is 4.39 Å². The third-order valence-corrected chi connectivity index (χ3v) is 4.06. The van der Waals surface area contributed by atoms with Crippen LogP contribution in [0.2, 0.25) is 0 Å². The predicted molar refractivity (Wildman–Crippen MR) is 69.7 cm³/mol. The summed E-state index contributed by atoms with van der Waals surface area (Å²) in [5, 5.41) is 0. The Labute approximate surface area is 106 Å². The topological polar surface area (TPSA) is 43.8 Å². The van der Waals surface area contributed by atoms with E-state index in [0.717, 1.165) is 23.9 Å². The molecular weight excluding hydrogens is 320 g/mol. The van der Waals surface area contributed by atoms with Crippen LogP contribution in [0.1, 0.15) is 19.8 Å². The number of anilines is 1. The smallest absolute Gasteiger partial charge is 0.201 e. The molecule has 0 atom stereocenters. The number of nitrogens with zero attached hydrogens (tertiary/aromatic N) is 2. The maximum Gasteiger partial charge on any atom is 0.201 e. The van der Waals surface area contributed by atoms with E-state index < -0.39 is 0 Å². The molecule has 1 fully saturated rings. The molecule has 1 aromatic carbocycles. The molecule has 1 aromatic heterocycles. The molecule has 1 aliphatic rings. The second-order valence-electron chi connectivity index (χ2n) is 4.56. The van der Waals surface area contributed by atoms with Crippen LogP contribution >= 0.6 is 22.6 Å². The lowest BCUT2D eigenvalue weighted by atomic mass is 10.2. The fourth-order valence-electron chi connectivity index (χ4n) is 2.06. The monoisotopic (exact) mass is 331 g/mol. The Balaban J connectivity index is 2.35. The highest BCUT2D eigenvalue weighted by molar-refractivity contribution is 14.1. The molecule has 0 spiro atoms. The Hall–Kier alpha value is -0.850. The molecule has 5 heteroatoms. The van der Waals surface area contributed by atoms with Gasteiger partial charge in [0, 0.05) is 11.6 Å². The molecule has 0 amide bonds. The van der Waals surface area contributed by atoms with Crippen molar-refractivity contribution in [2.75, 3.05) is 5.73 Å². The summed E-state index contributed by atoms with van der Waals surface area (Å²) in [6, 6.07) is 3.27. The number of imidazole rings is 1. The van der Waals surface area contributed by atoms with Crippen molar-refractivity contribution in [2.45, 2.75) is 25.3 Å². The summed E-state index contributed by atoms with van der Waals surface area (Å²) in [6.45, 7) is 2.13. The first kappa shape index (κ1) is 10.3. The molecular formula is C11H11FIN3. The van der Waals surface area contributed by atoms with Crippen molar-refractivity contribution in [2.24, 2.45) is 0 Å². The van der Waals surface area contributed by atoms with Gasteiger partial charge in [-0.2, -0.15) is 0 Å². The molecule has 1 aliphatic carbocycles. The molecule has 3 nitrogen and oxygen atoms in total. The van der Waals surface area contributed by atoms with E-state index in [0.29, 0.717) is 9.52 Å². The average molecular weight is 331 g/mol. The van der Waals surface area contributed by atoms with Crippen LogP contribution in [0.5, 0.6) is 0 Å². The standard InChI is InChI=1S/C11H11FIN3/c1-11(2-3-11)16-9-4-6(12)7(13)5-8(9)15-10(16)14/h4-5H,2-3H2,1H3,(H2,14,15). The Bertz CT molecular complexity index is 586. The Kier molecular flexibility index (Phi) is 1.99. The zero-order chi connectivity index (χ0) is 11.5. The summed E-state index contributed by atoms with van der Waals surface area (Å²) in [6.07, 6.45) is 2.16. The van der Waals surface area contributed by atoms with E-state index in [2.05, 4.69) is 11.9 Å². The fourth-order valence-corrected chi connectivity index (χ4v) is 2.51. The van der Waals surface area contributed by atoms with Gasteiger partial charge in [-0.15, -0.1) is 0 Å². The summed E-state index contributed by atoms with van der Waals surface area (Å²) in [7, 11) is 0. The van der Waals surface area contributed by atoms with Crippen LogP contribution in [0.15, 0.2) is 12.1 Å². The van der Waals surface area contributed by atoms with Crippen molar-refractivity contribution >= 4 is 39.6 Å². The van der Waals surface area contributed by atoms with Crippen molar-refractivity contribution in [3.8, 4) is 0 Å². The molecule has 0 saturated heterocycles. The van der Waals surface area contributed by atoms with Crippen LogP contribution < -0.4 is 5.73 Å². The summed E-state index contributed by atoms with van der Waals surface area (Å²) < 4.78 is 16.1. The number of nitrogen functional groups attached to an aromatic ring is 1. The summed E-state index contributed by atoms with van der Waals surface area (Å²) in [4.78, 5) is 4.29. The van der Waals surface area contributed by atoms with Crippen LogP contribution in [0.3, 0.4) is 0 Å². The first-order chi connectivity index (χ1) is 7.51. The Morgan fingerprint density at radius 1 is 1.50 bits per heavy atom. The number of benzene rings is 1. The number of hydrogen-bond acceptors (Lipinski definition) is 2. The lowest BCUT2D eigenvalue weighted by Gasteiger charge is -2.13. The third-order valence-electron chi connectivity index (χ3n) is 3.24. The van der Waals surface area contributed by atoms with Crippen molar-refractivity contribution < 1.29 is 4.39 Å². The zero-order valence-corrected chi connectivity index (χ0v) is 11.0. The molecule has 16 heavy (non-hydrogen) atoms. The van der Waals surface area contributed by atoms with Crippen molar-refractivity contribution in [3.05, 3.63) is 21.5 Å². The van der Waals surface area contributed by atoms with E-state index in [-0.39, 0.29) is 11.4 Å². The molecule has 3 rings (SSSR count). The van der Waals surface area contributed by atoms with Crippen LogP contribution in [-0.4, -0.2) is 9.55 Å². The van der Waals surface area contributed by atoms with Gasteiger partial charge in [-0.25, -0.2) is 9.37 Å². The normalized spacial score (nSPS) is 17.9. The Morgan fingerprint density at radius 2 is 2.19 bits per heavy atom. The van der Waals surface area contributed by atoms with Gasteiger partial charge >= 0.3 is 0 Å². The number of nitrogens with two attached hydrogens (primary N) is 1. The second kappa shape index (κ2) is 3.09. The number of fused-ring (bicyclic) bond motifs is 1. The number of hydrogen-bond donors (Lipinski definition) is 1. The van der Waals surface area contributed by atoms with E-state index in [1.165, 1.54) is 6.07 Å². The van der Waals surface area contributed by atoms with Crippen molar-refractivity contribution in [1.82, 2.24) is 9.55 Å². The molecule has 2 aromatic rings. The molecule has 2 N–H and O–H groups in total. The van der Waals surface area contributed by atoms with Gasteiger partial charge in [-0.3, -0.25) is 0 Å². The van der Waals surface area contributed by atoms with E-state index in [4.69, 9.17) is 5.73 Å². The molecule has 0 radical (unpaired) electrons. The number of rotatable bonds is 1. The molecule has 0 bridgehead atoms. The van der Waals surface area contributed by atoms with Gasteiger partial charge in [0.25, 0.3) is 0 Å². The molecule has 1 heterocycles. The van der Waals surface area contributed by atoms with E-state index >= 15 is 0 Å².